The van der Waals surface area contributed by atoms with Crippen molar-refractivity contribution in [2.24, 2.45) is 11.3 Å². The van der Waals surface area contributed by atoms with Crippen molar-refractivity contribution < 1.29 is 9.59 Å². The predicted octanol–water partition coefficient (Wildman–Crippen LogP) is 2.90. The number of carbonyl (C=O) groups is 2. The third-order valence-corrected chi connectivity index (χ3v) is 5.75. The molecule has 0 N–H and O–H groups in total. The van der Waals surface area contributed by atoms with Gasteiger partial charge in [-0.2, -0.15) is 0 Å². The van der Waals surface area contributed by atoms with Crippen molar-refractivity contribution in [1.29, 1.82) is 0 Å². The van der Waals surface area contributed by atoms with Gasteiger partial charge in [0.05, 0.1) is 0 Å². The van der Waals surface area contributed by atoms with E-state index in [0.29, 0.717) is 19.0 Å². The van der Waals surface area contributed by atoms with Gasteiger partial charge in [0.2, 0.25) is 11.8 Å². The number of likely N-dealkylation sites (tertiary alicyclic amines) is 2. The zero-order chi connectivity index (χ0) is 17.3. The Morgan fingerprint density at radius 3 is 2.25 bits per heavy atom. The number of piperidine rings is 1. The molecule has 2 amide bonds. The summed E-state index contributed by atoms with van der Waals surface area (Å²) in [4.78, 5) is 28.3. The van der Waals surface area contributed by atoms with E-state index in [2.05, 4.69) is 43.0 Å². The second kappa shape index (κ2) is 6.58. The van der Waals surface area contributed by atoms with E-state index in [4.69, 9.17) is 0 Å². The van der Waals surface area contributed by atoms with Crippen molar-refractivity contribution in [1.82, 2.24) is 9.80 Å². The Morgan fingerprint density at radius 1 is 1.04 bits per heavy atom. The summed E-state index contributed by atoms with van der Waals surface area (Å²) < 4.78 is 0. The Labute approximate surface area is 144 Å². The first-order chi connectivity index (χ1) is 11.4. The second-order valence-corrected chi connectivity index (χ2v) is 7.95. The minimum absolute atomic E-state index is 0.0749. The first-order valence-corrected chi connectivity index (χ1v) is 8.98. The van der Waals surface area contributed by atoms with Crippen molar-refractivity contribution in [2.45, 2.75) is 39.5 Å². The molecule has 4 nitrogen and oxygen atoms in total. The molecule has 2 aliphatic rings. The normalized spacial score (nSPS) is 24.2. The SMILES string of the molecule is CC(=O)N1CCC(C(=O)N2C[C@H](c3ccccc3)C(C)(C)C2)CC1. The largest absolute Gasteiger partial charge is 0.343 e. The van der Waals surface area contributed by atoms with Crippen LogP contribution in [0.4, 0.5) is 0 Å². The average Bonchev–Trinajstić information content (AvgIpc) is 2.90. The molecule has 130 valence electrons. The summed E-state index contributed by atoms with van der Waals surface area (Å²) in [5.74, 6) is 0.864. The van der Waals surface area contributed by atoms with Crippen LogP contribution in [0.5, 0.6) is 0 Å². The van der Waals surface area contributed by atoms with Crippen molar-refractivity contribution >= 4 is 11.8 Å². The number of hydrogen-bond acceptors (Lipinski definition) is 2. The molecule has 1 aromatic rings. The Balaban J connectivity index is 1.66. The van der Waals surface area contributed by atoms with E-state index in [9.17, 15) is 9.59 Å². The van der Waals surface area contributed by atoms with Crippen LogP contribution >= 0.6 is 0 Å². The smallest absolute Gasteiger partial charge is 0.225 e. The minimum Gasteiger partial charge on any atom is -0.343 e. The van der Waals surface area contributed by atoms with Crippen LogP contribution in [-0.2, 0) is 9.59 Å². The molecule has 1 aromatic carbocycles. The lowest BCUT2D eigenvalue weighted by atomic mass is 9.78. The predicted molar refractivity (Wildman–Crippen MR) is 94.5 cm³/mol. The topological polar surface area (TPSA) is 40.6 Å². The Hall–Kier alpha value is -1.84. The number of amides is 2. The fourth-order valence-electron chi connectivity index (χ4n) is 4.24. The number of nitrogens with zero attached hydrogens (tertiary/aromatic N) is 2. The highest BCUT2D eigenvalue weighted by atomic mass is 16.2. The average molecular weight is 328 g/mol. The third kappa shape index (κ3) is 3.33. The number of benzene rings is 1. The second-order valence-electron chi connectivity index (χ2n) is 7.95. The molecule has 0 spiro atoms. The lowest BCUT2D eigenvalue weighted by molar-refractivity contribution is -0.139. The quantitative estimate of drug-likeness (QED) is 0.837. The van der Waals surface area contributed by atoms with E-state index in [-0.39, 0.29) is 23.1 Å². The monoisotopic (exact) mass is 328 g/mol. The summed E-state index contributed by atoms with van der Waals surface area (Å²) in [5.41, 5.74) is 1.42. The molecule has 1 atom stereocenters. The fourth-order valence-corrected chi connectivity index (χ4v) is 4.24. The summed E-state index contributed by atoms with van der Waals surface area (Å²) in [6.07, 6.45) is 1.59. The van der Waals surface area contributed by atoms with Crippen LogP contribution in [0, 0.1) is 11.3 Å². The molecule has 0 unspecified atom stereocenters. The van der Waals surface area contributed by atoms with Crippen LogP contribution in [0.3, 0.4) is 0 Å². The van der Waals surface area contributed by atoms with Gasteiger partial charge >= 0.3 is 0 Å². The molecule has 2 aliphatic heterocycles. The van der Waals surface area contributed by atoms with Gasteiger partial charge in [0.25, 0.3) is 0 Å². The van der Waals surface area contributed by atoms with Crippen LogP contribution in [0.2, 0.25) is 0 Å². The highest BCUT2D eigenvalue weighted by Gasteiger charge is 2.43. The van der Waals surface area contributed by atoms with Gasteiger partial charge in [0.15, 0.2) is 0 Å². The molecule has 0 saturated carbocycles. The summed E-state index contributed by atoms with van der Waals surface area (Å²) in [6.45, 7) is 9.18. The Bertz CT molecular complexity index is 603. The highest BCUT2D eigenvalue weighted by molar-refractivity contribution is 5.80. The first kappa shape index (κ1) is 17.0. The van der Waals surface area contributed by atoms with E-state index in [1.165, 1.54) is 5.56 Å². The van der Waals surface area contributed by atoms with Crippen molar-refractivity contribution in [3.8, 4) is 0 Å². The van der Waals surface area contributed by atoms with Crippen molar-refractivity contribution in [3.05, 3.63) is 35.9 Å². The van der Waals surface area contributed by atoms with Gasteiger partial charge < -0.3 is 9.80 Å². The van der Waals surface area contributed by atoms with E-state index < -0.39 is 0 Å². The molecule has 0 aliphatic carbocycles. The van der Waals surface area contributed by atoms with Gasteiger partial charge in [-0.3, -0.25) is 9.59 Å². The van der Waals surface area contributed by atoms with Crippen LogP contribution in [-0.4, -0.2) is 47.8 Å². The van der Waals surface area contributed by atoms with Crippen LogP contribution < -0.4 is 0 Å². The number of carbonyl (C=O) groups excluding carboxylic acids is 2. The van der Waals surface area contributed by atoms with Gasteiger partial charge in [-0.15, -0.1) is 0 Å². The molecular formula is C20H28N2O2. The zero-order valence-electron chi connectivity index (χ0n) is 15.0. The summed E-state index contributed by atoms with van der Waals surface area (Å²) in [6, 6.07) is 10.5. The van der Waals surface area contributed by atoms with Gasteiger partial charge in [-0.05, 0) is 23.8 Å². The van der Waals surface area contributed by atoms with E-state index >= 15 is 0 Å². The molecule has 2 saturated heterocycles. The summed E-state index contributed by atoms with van der Waals surface area (Å²) in [5, 5.41) is 0. The Morgan fingerprint density at radius 2 is 1.67 bits per heavy atom. The molecule has 0 radical (unpaired) electrons. The standard InChI is InChI=1S/C20H28N2O2/c1-15(23)21-11-9-17(10-12-21)19(24)22-13-18(20(2,3)14-22)16-7-5-4-6-8-16/h4-8,17-18H,9-14H2,1-3H3/t18-/m1/s1. The third-order valence-electron chi connectivity index (χ3n) is 5.75. The van der Waals surface area contributed by atoms with E-state index in [1.54, 1.807) is 6.92 Å². The van der Waals surface area contributed by atoms with E-state index in [0.717, 1.165) is 25.9 Å². The lowest BCUT2D eigenvalue weighted by Crippen LogP contribution is -2.43. The maximum absolute atomic E-state index is 13.0. The summed E-state index contributed by atoms with van der Waals surface area (Å²) in [7, 11) is 0. The molecule has 0 aromatic heterocycles. The summed E-state index contributed by atoms with van der Waals surface area (Å²) >= 11 is 0. The maximum atomic E-state index is 13.0. The van der Waals surface area contributed by atoms with Gasteiger partial charge in [-0.25, -0.2) is 0 Å². The molecule has 0 bridgehead atoms. The number of rotatable bonds is 2. The van der Waals surface area contributed by atoms with E-state index in [1.807, 2.05) is 11.0 Å². The molecular weight excluding hydrogens is 300 g/mol. The molecule has 2 heterocycles. The van der Waals surface area contributed by atoms with Crippen LogP contribution in [0.1, 0.15) is 45.1 Å². The molecule has 24 heavy (non-hydrogen) atoms. The minimum atomic E-state index is 0.0749. The van der Waals surface area contributed by atoms with Crippen molar-refractivity contribution in [2.75, 3.05) is 26.2 Å². The van der Waals surface area contributed by atoms with Crippen LogP contribution in [0.15, 0.2) is 30.3 Å². The van der Waals surface area contributed by atoms with Gasteiger partial charge in [0, 0.05) is 44.9 Å². The van der Waals surface area contributed by atoms with Gasteiger partial charge in [0.1, 0.15) is 0 Å². The maximum Gasteiger partial charge on any atom is 0.225 e. The lowest BCUT2D eigenvalue weighted by Gasteiger charge is -2.32. The zero-order valence-corrected chi connectivity index (χ0v) is 15.0. The fraction of sp³-hybridized carbons (Fsp3) is 0.600. The van der Waals surface area contributed by atoms with Crippen molar-refractivity contribution in [3.63, 3.8) is 0 Å². The Kier molecular flexibility index (Phi) is 4.66. The first-order valence-electron chi connectivity index (χ1n) is 8.98. The molecule has 3 rings (SSSR count). The molecule has 2 fully saturated rings. The van der Waals surface area contributed by atoms with Gasteiger partial charge in [-0.1, -0.05) is 44.2 Å². The number of hydrogen-bond donors (Lipinski definition) is 0. The highest BCUT2D eigenvalue weighted by Crippen LogP contribution is 2.43. The van der Waals surface area contributed by atoms with Crippen LogP contribution in [0.25, 0.3) is 0 Å². The molecule has 4 heteroatoms.